The van der Waals surface area contributed by atoms with Gasteiger partial charge in [-0.2, -0.15) is 0 Å². The van der Waals surface area contributed by atoms with Crippen molar-refractivity contribution in [2.24, 2.45) is 5.73 Å². The number of carbonyl (C=O) groups is 2. The van der Waals surface area contributed by atoms with E-state index < -0.39 is 5.91 Å². The zero-order valence-corrected chi connectivity index (χ0v) is 18.0. The number of nitrogens with zero attached hydrogens (tertiary/aromatic N) is 3. The SMILES string of the molecule is Cc1nc(C(=O)N(C)C(C)C)cc2c(Nc3cccc4c3CCO4)c(C(N)=O)cnc12. The molecule has 0 radical (unpaired) electrons. The molecule has 0 bridgehead atoms. The number of pyridine rings is 2. The molecule has 1 aromatic carbocycles. The zero-order chi connectivity index (χ0) is 22.3. The predicted octanol–water partition coefficient (Wildman–Crippen LogP) is 3.20. The molecule has 3 N–H and O–H groups in total. The van der Waals surface area contributed by atoms with Crippen LogP contribution in [0.5, 0.6) is 5.75 Å². The monoisotopic (exact) mass is 419 g/mol. The highest BCUT2D eigenvalue weighted by atomic mass is 16.5. The van der Waals surface area contributed by atoms with Gasteiger partial charge in [0.1, 0.15) is 11.4 Å². The molecule has 0 aliphatic carbocycles. The highest BCUT2D eigenvalue weighted by Crippen LogP contribution is 2.36. The molecule has 160 valence electrons. The molecule has 3 aromatic rings. The van der Waals surface area contributed by atoms with Crippen LogP contribution in [0.3, 0.4) is 0 Å². The molecule has 1 aliphatic heterocycles. The molecule has 0 saturated carbocycles. The Morgan fingerprint density at radius 1 is 1.29 bits per heavy atom. The van der Waals surface area contributed by atoms with Crippen molar-refractivity contribution in [1.29, 1.82) is 0 Å². The third-order valence-corrected chi connectivity index (χ3v) is 5.61. The molecule has 31 heavy (non-hydrogen) atoms. The Labute approximate surface area is 180 Å². The van der Waals surface area contributed by atoms with Gasteiger partial charge in [0, 0.05) is 42.3 Å². The minimum atomic E-state index is -0.609. The van der Waals surface area contributed by atoms with Gasteiger partial charge in [-0.25, -0.2) is 4.98 Å². The van der Waals surface area contributed by atoms with Crippen LogP contribution in [-0.2, 0) is 6.42 Å². The molecule has 4 rings (SSSR count). The van der Waals surface area contributed by atoms with E-state index in [-0.39, 0.29) is 23.2 Å². The van der Waals surface area contributed by atoms with Crippen molar-refractivity contribution in [2.45, 2.75) is 33.2 Å². The molecule has 3 heterocycles. The highest BCUT2D eigenvalue weighted by molar-refractivity contribution is 6.09. The molecule has 0 atom stereocenters. The summed E-state index contributed by atoms with van der Waals surface area (Å²) in [6, 6.07) is 7.42. The first kappa shape index (κ1) is 20.6. The second kappa shape index (κ2) is 7.86. The van der Waals surface area contributed by atoms with Gasteiger partial charge >= 0.3 is 0 Å². The number of anilines is 2. The van der Waals surface area contributed by atoms with Gasteiger partial charge in [0.05, 0.1) is 29.1 Å². The van der Waals surface area contributed by atoms with Crippen LogP contribution in [0.1, 0.15) is 46.0 Å². The average Bonchev–Trinajstić information content (AvgIpc) is 3.22. The van der Waals surface area contributed by atoms with Crippen LogP contribution < -0.4 is 15.8 Å². The van der Waals surface area contributed by atoms with Crippen LogP contribution in [0, 0.1) is 6.92 Å². The van der Waals surface area contributed by atoms with Crippen molar-refractivity contribution < 1.29 is 14.3 Å². The number of hydrogen-bond donors (Lipinski definition) is 2. The Balaban J connectivity index is 1.92. The van der Waals surface area contributed by atoms with Crippen molar-refractivity contribution in [2.75, 3.05) is 19.0 Å². The lowest BCUT2D eigenvalue weighted by Gasteiger charge is -2.22. The Kier molecular flexibility index (Phi) is 5.22. The Hall–Kier alpha value is -3.68. The average molecular weight is 419 g/mol. The fourth-order valence-corrected chi connectivity index (χ4v) is 3.68. The molecule has 2 amide bonds. The molecule has 2 aromatic heterocycles. The number of nitrogens with two attached hydrogens (primary N) is 1. The van der Waals surface area contributed by atoms with Crippen LogP contribution in [0.25, 0.3) is 10.9 Å². The number of primary amides is 1. The molecule has 1 aliphatic rings. The van der Waals surface area contributed by atoms with Gasteiger partial charge in [0.25, 0.3) is 11.8 Å². The fraction of sp³-hybridized carbons (Fsp3) is 0.304. The van der Waals surface area contributed by atoms with E-state index in [2.05, 4.69) is 15.3 Å². The highest BCUT2D eigenvalue weighted by Gasteiger charge is 2.23. The Morgan fingerprint density at radius 3 is 2.77 bits per heavy atom. The number of benzene rings is 1. The van der Waals surface area contributed by atoms with E-state index in [0.717, 1.165) is 23.4 Å². The summed E-state index contributed by atoms with van der Waals surface area (Å²) in [6.07, 6.45) is 2.21. The largest absolute Gasteiger partial charge is 0.493 e. The van der Waals surface area contributed by atoms with E-state index in [4.69, 9.17) is 10.5 Å². The first-order valence-electron chi connectivity index (χ1n) is 10.2. The Bertz CT molecular complexity index is 1210. The van der Waals surface area contributed by atoms with Crippen LogP contribution >= 0.6 is 0 Å². The van der Waals surface area contributed by atoms with Gasteiger partial charge < -0.3 is 20.7 Å². The smallest absolute Gasteiger partial charge is 0.272 e. The normalized spacial score (nSPS) is 12.5. The molecule has 0 unspecified atom stereocenters. The van der Waals surface area contributed by atoms with Gasteiger partial charge in [-0.05, 0) is 39.0 Å². The summed E-state index contributed by atoms with van der Waals surface area (Å²) in [4.78, 5) is 35.6. The van der Waals surface area contributed by atoms with Crippen LogP contribution in [-0.4, -0.2) is 46.4 Å². The first-order valence-corrected chi connectivity index (χ1v) is 10.2. The summed E-state index contributed by atoms with van der Waals surface area (Å²) in [6.45, 7) is 6.27. The van der Waals surface area contributed by atoms with E-state index in [1.54, 1.807) is 24.9 Å². The maximum absolute atomic E-state index is 12.9. The number of amides is 2. The topological polar surface area (TPSA) is 110 Å². The summed E-state index contributed by atoms with van der Waals surface area (Å²) in [7, 11) is 1.73. The standard InChI is InChI=1S/C23H25N5O3/c1-12(2)28(4)23(30)18-10-15-20(13(3)26-18)25-11-16(22(24)29)21(15)27-17-6-5-7-19-14(17)8-9-31-19/h5-7,10-12H,8-9H2,1-4H3,(H2,24,29)(H,25,27). The van der Waals surface area contributed by atoms with Gasteiger partial charge in [-0.3, -0.25) is 14.6 Å². The second-order valence-electron chi connectivity index (χ2n) is 7.92. The molecular weight excluding hydrogens is 394 g/mol. The maximum Gasteiger partial charge on any atom is 0.272 e. The number of ether oxygens (including phenoxy) is 1. The number of aromatic nitrogens is 2. The lowest BCUT2D eigenvalue weighted by atomic mass is 10.0. The number of fused-ring (bicyclic) bond motifs is 2. The van der Waals surface area contributed by atoms with Gasteiger partial charge in [0.2, 0.25) is 0 Å². The molecule has 8 nitrogen and oxygen atoms in total. The van der Waals surface area contributed by atoms with Crippen molar-refractivity contribution in [3.8, 4) is 5.75 Å². The molecule has 0 fully saturated rings. The summed E-state index contributed by atoms with van der Waals surface area (Å²) in [5.74, 6) is 0.00283. The first-order chi connectivity index (χ1) is 14.8. The summed E-state index contributed by atoms with van der Waals surface area (Å²) in [5.41, 5.74) is 9.74. The zero-order valence-electron chi connectivity index (χ0n) is 18.0. The van der Waals surface area contributed by atoms with E-state index in [1.165, 1.54) is 6.20 Å². The number of hydrogen-bond acceptors (Lipinski definition) is 6. The molecular formula is C23H25N5O3. The number of nitrogens with one attached hydrogen (secondary N) is 1. The van der Waals surface area contributed by atoms with Crippen LogP contribution in [0.4, 0.5) is 11.4 Å². The van der Waals surface area contributed by atoms with Crippen molar-refractivity contribution in [3.05, 3.63) is 53.0 Å². The summed E-state index contributed by atoms with van der Waals surface area (Å²) in [5, 5.41) is 3.98. The van der Waals surface area contributed by atoms with E-state index in [1.807, 2.05) is 32.0 Å². The van der Waals surface area contributed by atoms with Crippen LogP contribution in [0.2, 0.25) is 0 Å². The number of carbonyl (C=O) groups excluding carboxylic acids is 2. The third-order valence-electron chi connectivity index (χ3n) is 5.61. The van der Waals surface area contributed by atoms with E-state index in [9.17, 15) is 9.59 Å². The number of aryl methyl sites for hydroxylation is 1. The van der Waals surface area contributed by atoms with E-state index in [0.29, 0.717) is 28.9 Å². The van der Waals surface area contributed by atoms with Crippen molar-refractivity contribution in [3.63, 3.8) is 0 Å². The Morgan fingerprint density at radius 2 is 2.06 bits per heavy atom. The minimum Gasteiger partial charge on any atom is -0.493 e. The van der Waals surface area contributed by atoms with Gasteiger partial charge in [0.15, 0.2) is 0 Å². The minimum absolute atomic E-state index is 0.0184. The van der Waals surface area contributed by atoms with Gasteiger partial charge in [-0.15, -0.1) is 0 Å². The molecule has 8 heteroatoms. The summed E-state index contributed by atoms with van der Waals surface area (Å²) >= 11 is 0. The lowest BCUT2D eigenvalue weighted by molar-refractivity contribution is 0.0749. The quantitative estimate of drug-likeness (QED) is 0.657. The summed E-state index contributed by atoms with van der Waals surface area (Å²) < 4.78 is 5.66. The third kappa shape index (κ3) is 3.65. The predicted molar refractivity (Wildman–Crippen MR) is 119 cm³/mol. The molecule has 0 saturated heterocycles. The van der Waals surface area contributed by atoms with E-state index >= 15 is 0 Å². The van der Waals surface area contributed by atoms with Crippen molar-refractivity contribution >= 4 is 34.1 Å². The molecule has 0 spiro atoms. The maximum atomic E-state index is 12.9. The number of rotatable bonds is 5. The lowest BCUT2D eigenvalue weighted by Crippen LogP contribution is -2.33. The second-order valence-corrected chi connectivity index (χ2v) is 7.92. The van der Waals surface area contributed by atoms with Gasteiger partial charge in [-0.1, -0.05) is 6.07 Å². The fourth-order valence-electron chi connectivity index (χ4n) is 3.68. The van der Waals surface area contributed by atoms with Crippen molar-refractivity contribution in [1.82, 2.24) is 14.9 Å². The van der Waals surface area contributed by atoms with Crippen LogP contribution in [0.15, 0.2) is 30.5 Å².